The number of nitrogens with zero attached hydrogens (tertiary/aromatic N) is 1. The molecule has 1 aromatic carbocycles. The van der Waals surface area contributed by atoms with Crippen LogP contribution in [0.1, 0.15) is 57.6 Å². The first-order valence-corrected chi connectivity index (χ1v) is 9.28. The molecule has 4 nitrogen and oxygen atoms in total. The Morgan fingerprint density at radius 1 is 1.25 bits per heavy atom. The lowest BCUT2D eigenvalue weighted by Gasteiger charge is -2.30. The summed E-state index contributed by atoms with van der Waals surface area (Å²) < 4.78 is 0. The monoisotopic (exact) mass is 331 g/mol. The van der Waals surface area contributed by atoms with E-state index in [0.717, 1.165) is 24.4 Å². The minimum absolute atomic E-state index is 0.0733. The smallest absolute Gasteiger partial charge is 0.240 e. The highest BCUT2D eigenvalue weighted by atomic mass is 16.2. The Morgan fingerprint density at radius 2 is 1.83 bits per heavy atom. The van der Waals surface area contributed by atoms with Crippen molar-refractivity contribution in [3.8, 4) is 0 Å². The zero-order chi connectivity index (χ0) is 17.6. The van der Waals surface area contributed by atoms with Gasteiger partial charge in [0.2, 0.25) is 5.91 Å². The van der Waals surface area contributed by atoms with Crippen LogP contribution in [0.5, 0.6) is 0 Å². The second kappa shape index (κ2) is 8.63. The van der Waals surface area contributed by atoms with Crippen LogP contribution in [0.15, 0.2) is 24.3 Å². The van der Waals surface area contributed by atoms with E-state index in [-0.39, 0.29) is 5.91 Å². The van der Waals surface area contributed by atoms with Crippen molar-refractivity contribution in [2.24, 2.45) is 11.7 Å². The summed E-state index contributed by atoms with van der Waals surface area (Å²) in [5.41, 5.74) is 7.74. The number of piperidine rings is 1. The number of benzene rings is 1. The molecule has 4 heteroatoms. The zero-order valence-electron chi connectivity index (χ0n) is 15.5. The van der Waals surface area contributed by atoms with Crippen molar-refractivity contribution in [3.63, 3.8) is 0 Å². The maximum atomic E-state index is 12.1. The number of likely N-dealkylation sites (tertiary alicyclic amines) is 1. The Balaban J connectivity index is 1.80. The molecule has 2 rings (SSSR count). The van der Waals surface area contributed by atoms with E-state index in [1.807, 2.05) is 6.92 Å². The molecule has 1 atom stereocenters. The fourth-order valence-electron chi connectivity index (χ4n) is 3.26. The zero-order valence-corrected chi connectivity index (χ0v) is 15.5. The molecule has 1 aliphatic rings. The van der Waals surface area contributed by atoms with Gasteiger partial charge in [-0.05, 0) is 56.3 Å². The van der Waals surface area contributed by atoms with Crippen molar-refractivity contribution in [2.45, 2.75) is 65.1 Å². The lowest BCUT2D eigenvalue weighted by atomic mass is 9.96. The fourth-order valence-corrected chi connectivity index (χ4v) is 3.26. The average molecular weight is 332 g/mol. The summed E-state index contributed by atoms with van der Waals surface area (Å²) in [6.45, 7) is 10.1. The highest BCUT2D eigenvalue weighted by Gasteiger charge is 2.26. The summed E-state index contributed by atoms with van der Waals surface area (Å²) in [4.78, 5) is 14.7. The Kier molecular flexibility index (Phi) is 6.81. The summed E-state index contributed by atoms with van der Waals surface area (Å²) >= 11 is 0. The van der Waals surface area contributed by atoms with E-state index in [4.69, 9.17) is 5.73 Å². The van der Waals surface area contributed by atoms with Crippen LogP contribution < -0.4 is 11.1 Å². The summed E-state index contributed by atoms with van der Waals surface area (Å²) in [5.74, 6) is 0.795. The molecule has 3 N–H and O–H groups in total. The van der Waals surface area contributed by atoms with Gasteiger partial charge in [0.1, 0.15) is 0 Å². The molecule has 1 aliphatic heterocycles. The van der Waals surface area contributed by atoms with Gasteiger partial charge in [-0.25, -0.2) is 0 Å². The quantitative estimate of drug-likeness (QED) is 0.807. The van der Waals surface area contributed by atoms with Crippen LogP contribution >= 0.6 is 0 Å². The molecule has 134 valence electrons. The number of carbonyl (C=O) groups is 1. The van der Waals surface area contributed by atoms with Gasteiger partial charge < -0.3 is 11.1 Å². The van der Waals surface area contributed by atoms with E-state index in [9.17, 15) is 4.79 Å². The topological polar surface area (TPSA) is 58.4 Å². The molecule has 0 saturated carbocycles. The fraction of sp³-hybridized carbons (Fsp3) is 0.650. The van der Waals surface area contributed by atoms with Crippen molar-refractivity contribution >= 4 is 5.91 Å². The highest BCUT2D eigenvalue weighted by molar-refractivity contribution is 5.85. The maximum Gasteiger partial charge on any atom is 0.240 e. The third-order valence-corrected chi connectivity index (χ3v) is 5.05. The summed E-state index contributed by atoms with van der Waals surface area (Å²) in [6, 6.07) is 8.56. The number of hydrogen-bond donors (Lipinski definition) is 2. The van der Waals surface area contributed by atoms with Gasteiger partial charge in [-0.2, -0.15) is 0 Å². The molecule has 0 bridgehead atoms. The van der Waals surface area contributed by atoms with E-state index in [1.54, 1.807) is 6.92 Å². The third-order valence-electron chi connectivity index (χ3n) is 5.05. The van der Waals surface area contributed by atoms with Crippen LogP contribution in [0.2, 0.25) is 0 Å². The van der Waals surface area contributed by atoms with Gasteiger partial charge in [0, 0.05) is 13.1 Å². The van der Waals surface area contributed by atoms with Crippen molar-refractivity contribution in [1.82, 2.24) is 10.2 Å². The number of nitrogens with one attached hydrogen (secondary N) is 1. The van der Waals surface area contributed by atoms with E-state index < -0.39 is 5.54 Å². The average Bonchev–Trinajstić information content (AvgIpc) is 2.56. The predicted molar refractivity (Wildman–Crippen MR) is 99.5 cm³/mol. The van der Waals surface area contributed by atoms with E-state index >= 15 is 0 Å². The summed E-state index contributed by atoms with van der Waals surface area (Å²) in [5, 5.41) is 2.96. The number of rotatable bonds is 7. The summed E-state index contributed by atoms with van der Waals surface area (Å²) in [7, 11) is 0. The molecule has 0 spiro atoms. The second-order valence-electron chi connectivity index (χ2n) is 7.63. The van der Waals surface area contributed by atoms with Crippen LogP contribution in [0.3, 0.4) is 0 Å². The van der Waals surface area contributed by atoms with Crippen LogP contribution in [0, 0.1) is 5.92 Å². The van der Waals surface area contributed by atoms with Crippen molar-refractivity contribution in [1.29, 1.82) is 0 Å². The number of hydrogen-bond acceptors (Lipinski definition) is 3. The van der Waals surface area contributed by atoms with Gasteiger partial charge >= 0.3 is 0 Å². The first-order chi connectivity index (χ1) is 11.4. The standard InChI is InChI=1S/C20H33N3O/c1-4-11-20(3,21)19(24)22-14-17-5-7-18(8-6-17)15-23-12-9-16(2)10-13-23/h5-8,16H,4,9-15,21H2,1-3H3,(H,22,24). The second-order valence-corrected chi connectivity index (χ2v) is 7.63. The van der Waals surface area contributed by atoms with Crippen molar-refractivity contribution in [3.05, 3.63) is 35.4 Å². The van der Waals surface area contributed by atoms with Gasteiger partial charge in [0.15, 0.2) is 0 Å². The van der Waals surface area contributed by atoms with Crippen molar-refractivity contribution in [2.75, 3.05) is 13.1 Å². The third kappa shape index (κ3) is 5.60. The minimum atomic E-state index is -0.778. The van der Waals surface area contributed by atoms with E-state index in [1.165, 1.54) is 31.5 Å². The Morgan fingerprint density at radius 3 is 2.42 bits per heavy atom. The normalized spacial score (nSPS) is 19.0. The molecule has 0 aromatic heterocycles. The lowest BCUT2D eigenvalue weighted by Crippen LogP contribution is -2.51. The van der Waals surface area contributed by atoms with Gasteiger partial charge in [0.05, 0.1) is 5.54 Å². The van der Waals surface area contributed by atoms with Crippen LogP contribution in [-0.4, -0.2) is 29.4 Å². The molecule has 24 heavy (non-hydrogen) atoms. The molecule has 1 fully saturated rings. The highest BCUT2D eigenvalue weighted by Crippen LogP contribution is 2.18. The minimum Gasteiger partial charge on any atom is -0.350 e. The Hall–Kier alpha value is -1.39. The predicted octanol–water partition coefficient (Wildman–Crippen LogP) is 3.05. The first-order valence-electron chi connectivity index (χ1n) is 9.28. The Labute approximate surface area is 146 Å². The van der Waals surface area contributed by atoms with Gasteiger partial charge in [-0.3, -0.25) is 9.69 Å². The number of nitrogens with two attached hydrogens (primary N) is 1. The van der Waals surface area contributed by atoms with Crippen LogP contribution in [0.25, 0.3) is 0 Å². The number of amides is 1. The molecule has 0 aliphatic carbocycles. The van der Waals surface area contributed by atoms with Crippen LogP contribution in [0.4, 0.5) is 0 Å². The van der Waals surface area contributed by atoms with Gasteiger partial charge in [-0.15, -0.1) is 0 Å². The molecular weight excluding hydrogens is 298 g/mol. The van der Waals surface area contributed by atoms with Crippen molar-refractivity contribution < 1.29 is 4.79 Å². The molecule has 1 amide bonds. The SMILES string of the molecule is CCCC(C)(N)C(=O)NCc1ccc(CN2CCC(C)CC2)cc1. The van der Waals surface area contributed by atoms with Gasteiger partial charge in [0.25, 0.3) is 0 Å². The maximum absolute atomic E-state index is 12.1. The lowest BCUT2D eigenvalue weighted by molar-refractivity contribution is -0.126. The van der Waals surface area contributed by atoms with Gasteiger partial charge in [-0.1, -0.05) is 44.5 Å². The molecule has 0 radical (unpaired) electrons. The molecular formula is C20H33N3O. The Bertz CT molecular complexity index is 516. The largest absolute Gasteiger partial charge is 0.350 e. The molecule has 1 aromatic rings. The molecule has 1 saturated heterocycles. The molecule has 1 unspecified atom stereocenters. The van der Waals surface area contributed by atoms with Crippen LogP contribution in [-0.2, 0) is 17.9 Å². The summed E-state index contributed by atoms with van der Waals surface area (Å²) in [6.07, 6.45) is 4.22. The number of carbonyl (C=O) groups excluding carboxylic acids is 1. The van der Waals surface area contributed by atoms with E-state index in [0.29, 0.717) is 13.0 Å². The molecule has 1 heterocycles. The van der Waals surface area contributed by atoms with E-state index in [2.05, 4.69) is 41.4 Å². The first kappa shape index (κ1) is 18.9.